The van der Waals surface area contributed by atoms with Gasteiger partial charge in [-0.2, -0.15) is 0 Å². The van der Waals surface area contributed by atoms with Crippen LogP contribution in [0.3, 0.4) is 0 Å². The molecule has 4 N–H and O–H groups in total. The third kappa shape index (κ3) is 5.60. The molecule has 8 nitrogen and oxygen atoms in total. The number of carbonyl (C=O) groups is 2. The zero-order chi connectivity index (χ0) is 19.1. The third-order valence-corrected chi connectivity index (χ3v) is 5.64. The number of benzene rings is 1. The predicted molar refractivity (Wildman–Crippen MR) is 103 cm³/mol. The number of carbonyl (C=O) groups excluding carboxylic acids is 2. The van der Waals surface area contributed by atoms with E-state index in [1.165, 1.54) is 23.1 Å². The number of nitrogens with two attached hydrogens (primary N) is 1. The number of nitrogens with zero attached hydrogens (tertiary/aromatic N) is 2. The Morgan fingerprint density at radius 3 is 2.69 bits per heavy atom. The van der Waals surface area contributed by atoms with E-state index in [0.717, 1.165) is 11.4 Å². The fourth-order valence-electron chi connectivity index (χ4n) is 2.07. The molecule has 0 aliphatic rings. The molecule has 26 heavy (non-hydrogen) atoms. The van der Waals surface area contributed by atoms with E-state index >= 15 is 0 Å². The van der Waals surface area contributed by atoms with Crippen molar-refractivity contribution in [1.82, 2.24) is 15.5 Å². The van der Waals surface area contributed by atoms with Crippen LogP contribution >= 0.6 is 23.1 Å². The van der Waals surface area contributed by atoms with Gasteiger partial charge >= 0.3 is 6.03 Å². The molecule has 0 aliphatic carbocycles. The number of hydrogen-bond donors (Lipinski definition) is 3. The van der Waals surface area contributed by atoms with Gasteiger partial charge in [-0.3, -0.25) is 10.1 Å². The first-order valence-electron chi connectivity index (χ1n) is 8.00. The first kappa shape index (κ1) is 20.0. The second kappa shape index (κ2) is 9.39. The van der Waals surface area contributed by atoms with Crippen LogP contribution in [0.15, 0.2) is 28.6 Å². The Morgan fingerprint density at radius 2 is 2.04 bits per heavy atom. The zero-order valence-electron chi connectivity index (χ0n) is 14.7. The van der Waals surface area contributed by atoms with Gasteiger partial charge in [-0.05, 0) is 25.0 Å². The highest BCUT2D eigenvalue weighted by Crippen LogP contribution is 2.35. The standard InChI is InChI=1S/C16H21N5O3S2/c1-4-24-11-8-6-5-7-10(11)18-15-20-21-16(26-15)25-12(9(2)3)13(22)19-14(17)23/h5-9,12H,4H2,1-3H3,(H,18,20)(H3,17,19,22,23). The number of anilines is 2. The molecule has 1 unspecified atom stereocenters. The van der Waals surface area contributed by atoms with E-state index < -0.39 is 17.2 Å². The molecule has 0 saturated carbocycles. The Hall–Kier alpha value is -2.33. The molecule has 1 aromatic carbocycles. The van der Waals surface area contributed by atoms with Crippen molar-refractivity contribution in [3.05, 3.63) is 24.3 Å². The van der Waals surface area contributed by atoms with Crippen molar-refractivity contribution < 1.29 is 14.3 Å². The van der Waals surface area contributed by atoms with E-state index in [9.17, 15) is 9.59 Å². The number of ether oxygens (including phenoxy) is 1. The van der Waals surface area contributed by atoms with Gasteiger partial charge in [-0.15, -0.1) is 10.2 Å². The summed E-state index contributed by atoms with van der Waals surface area (Å²) in [5.74, 6) is 0.266. The Bertz CT molecular complexity index is 766. The summed E-state index contributed by atoms with van der Waals surface area (Å²) in [6.45, 7) is 6.24. The quantitative estimate of drug-likeness (QED) is 0.588. The summed E-state index contributed by atoms with van der Waals surface area (Å²) in [6, 6.07) is 6.67. The van der Waals surface area contributed by atoms with Crippen molar-refractivity contribution in [3.8, 4) is 5.75 Å². The minimum absolute atomic E-state index is 0.0154. The average Bonchev–Trinajstić information content (AvgIpc) is 3.01. The van der Waals surface area contributed by atoms with Crippen molar-refractivity contribution in [3.63, 3.8) is 0 Å². The van der Waals surface area contributed by atoms with Crippen LogP contribution in [0.4, 0.5) is 15.6 Å². The Labute approximate surface area is 159 Å². The van der Waals surface area contributed by atoms with Crippen LogP contribution in [-0.2, 0) is 4.79 Å². The number of thioether (sulfide) groups is 1. The maximum Gasteiger partial charge on any atom is 0.318 e. The second-order valence-electron chi connectivity index (χ2n) is 5.56. The van der Waals surface area contributed by atoms with Crippen LogP contribution in [0.1, 0.15) is 20.8 Å². The molecule has 0 bridgehead atoms. The van der Waals surface area contributed by atoms with Crippen molar-refractivity contribution in [2.75, 3.05) is 11.9 Å². The van der Waals surface area contributed by atoms with E-state index in [2.05, 4.69) is 20.8 Å². The number of amides is 3. The van der Waals surface area contributed by atoms with Gasteiger partial charge in [0.2, 0.25) is 11.0 Å². The molecule has 0 saturated heterocycles. The van der Waals surface area contributed by atoms with Crippen LogP contribution in [0.25, 0.3) is 0 Å². The maximum absolute atomic E-state index is 12.1. The molecule has 0 aliphatic heterocycles. The third-order valence-electron chi connectivity index (χ3n) is 3.17. The number of rotatable bonds is 8. The first-order valence-corrected chi connectivity index (χ1v) is 9.69. The molecule has 2 aromatic rings. The highest BCUT2D eigenvalue weighted by atomic mass is 32.2. The summed E-state index contributed by atoms with van der Waals surface area (Å²) in [4.78, 5) is 23.0. The number of imide groups is 1. The highest BCUT2D eigenvalue weighted by molar-refractivity contribution is 8.02. The number of primary amides is 1. The van der Waals surface area contributed by atoms with Gasteiger partial charge in [0.1, 0.15) is 5.75 Å². The summed E-state index contributed by atoms with van der Waals surface area (Å²) in [5, 5.41) is 13.6. The van der Waals surface area contributed by atoms with E-state index in [1.807, 2.05) is 45.0 Å². The topological polar surface area (TPSA) is 119 Å². The number of nitrogens with one attached hydrogen (secondary N) is 2. The second-order valence-corrected chi connectivity index (χ2v) is 7.93. The minimum atomic E-state index is -0.867. The van der Waals surface area contributed by atoms with Gasteiger partial charge in [-0.25, -0.2) is 4.79 Å². The number of aromatic nitrogens is 2. The fraction of sp³-hybridized carbons (Fsp3) is 0.375. The van der Waals surface area contributed by atoms with E-state index in [1.54, 1.807) is 0 Å². The number of urea groups is 1. The van der Waals surface area contributed by atoms with Gasteiger partial charge < -0.3 is 15.8 Å². The minimum Gasteiger partial charge on any atom is -0.492 e. The molecule has 1 aromatic heterocycles. The Morgan fingerprint density at radius 1 is 1.31 bits per heavy atom. The van der Waals surface area contributed by atoms with Crippen LogP contribution < -0.4 is 21.1 Å². The maximum atomic E-state index is 12.1. The molecule has 0 radical (unpaired) electrons. The molecule has 0 fully saturated rings. The zero-order valence-corrected chi connectivity index (χ0v) is 16.3. The summed E-state index contributed by atoms with van der Waals surface area (Å²) in [5.41, 5.74) is 5.81. The predicted octanol–water partition coefficient (Wildman–Crippen LogP) is 2.99. The van der Waals surface area contributed by atoms with Gasteiger partial charge in [0.05, 0.1) is 17.5 Å². The molecule has 0 spiro atoms. The fourth-order valence-corrected chi connectivity index (χ4v) is 4.04. The molecule has 2 rings (SSSR count). The lowest BCUT2D eigenvalue weighted by atomic mass is 10.1. The van der Waals surface area contributed by atoms with E-state index in [-0.39, 0.29) is 5.92 Å². The van der Waals surface area contributed by atoms with Crippen molar-refractivity contribution in [2.45, 2.75) is 30.4 Å². The van der Waals surface area contributed by atoms with Gasteiger partial charge in [0.25, 0.3) is 0 Å². The van der Waals surface area contributed by atoms with Crippen molar-refractivity contribution in [1.29, 1.82) is 0 Å². The number of hydrogen-bond acceptors (Lipinski definition) is 8. The van der Waals surface area contributed by atoms with Crippen molar-refractivity contribution in [2.24, 2.45) is 11.7 Å². The smallest absolute Gasteiger partial charge is 0.318 e. The molecule has 1 atom stereocenters. The average molecular weight is 396 g/mol. The van der Waals surface area contributed by atoms with E-state index in [4.69, 9.17) is 10.5 Å². The molecular weight excluding hydrogens is 374 g/mol. The SMILES string of the molecule is CCOc1ccccc1Nc1nnc(SC(C(=O)NC(N)=O)C(C)C)s1. The van der Waals surface area contributed by atoms with E-state index in [0.29, 0.717) is 16.1 Å². The van der Waals surface area contributed by atoms with Gasteiger partial charge in [0, 0.05) is 0 Å². The van der Waals surface area contributed by atoms with Crippen LogP contribution in [-0.4, -0.2) is 34.0 Å². The summed E-state index contributed by atoms with van der Waals surface area (Å²) >= 11 is 2.56. The lowest BCUT2D eigenvalue weighted by Gasteiger charge is -2.16. The molecular formula is C16H21N5O3S2. The van der Waals surface area contributed by atoms with Crippen LogP contribution in [0.2, 0.25) is 0 Å². The van der Waals surface area contributed by atoms with Crippen LogP contribution in [0, 0.1) is 5.92 Å². The van der Waals surface area contributed by atoms with Crippen molar-refractivity contribution >= 4 is 45.9 Å². The summed E-state index contributed by atoms with van der Waals surface area (Å²) < 4.78 is 6.18. The van der Waals surface area contributed by atoms with Crippen LogP contribution in [0.5, 0.6) is 5.75 Å². The highest BCUT2D eigenvalue weighted by Gasteiger charge is 2.26. The van der Waals surface area contributed by atoms with Gasteiger partial charge in [-0.1, -0.05) is 49.1 Å². The Balaban J connectivity index is 2.09. The normalized spacial score (nSPS) is 11.8. The molecule has 1 heterocycles. The Kier molecular flexibility index (Phi) is 7.22. The lowest BCUT2D eigenvalue weighted by molar-refractivity contribution is -0.120. The molecule has 3 amide bonds. The largest absolute Gasteiger partial charge is 0.492 e. The monoisotopic (exact) mass is 395 g/mol. The first-order chi connectivity index (χ1) is 12.4. The van der Waals surface area contributed by atoms with Gasteiger partial charge in [0.15, 0.2) is 4.34 Å². The molecule has 10 heteroatoms. The lowest BCUT2D eigenvalue weighted by Crippen LogP contribution is -2.42. The molecule has 140 valence electrons. The summed E-state index contributed by atoms with van der Waals surface area (Å²) in [6.07, 6.45) is 0. The number of para-hydroxylation sites is 2. The summed E-state index contributed by atoms with van der Waals surface area (Å²) in [7, 11) is 0.